The molecule has 1 N–H and O–H groups in total. The SMILES string of the molecule is CNCc1cn(C2CCCCC2)cn1. The fourth-order valence-electron chi connectivity index (χ4n) is 2.23. The highest BCUT2D eigenvalue weighted by atomic mass is 15.1. The van der Waals surface area contributed by atoms with Crippen molar-refractivity contribution in [1.29, 1.82) is 0 Å². The number of rotatable bonds is 3. The number of hydrogen-bond acceptors (Lipinski definition) is 2. The molecule has 3 nitrogen and oxygen atoms in total. The van der Waals surface area contributed by atoms with Gasteiger partial charge in [0.2, 0.25) is 0 Å². The summed E-state index contributed by atoms with van der Waals surface area (Å²) in [5.41, 5.74) is 1.15. The topological polar surface area (TPSA) is 29.9 Å². The molecule has 1 heterocycles. The van der Waals surface area contributed by atoms with Gasteiger partial charge in [-0.25, -0.2) is 4.98 Å². The summed E-state index contributed by atoms with van der Waals surface area (Å²) in [4.78, 5) is 4.38. The van der Waals surface area contributed by atoms with Crippen molar-refractivity contribution in [2.75, 3.05) is 7.05 Å². The maximum atomic E-state index is 4.38. The molecule has 0 aromatic carbocycles. The molecular weight excluding hydrogens is 174 g/mol. The third-order valence-corrected chi connectivity index (χ3v) is 3.01. The summed E-state index contributed by atoms with van der Waals surface area (Å²) in [5.74, 6) is 0. The van der Waals surface area contributed by atoms with Gasteiger partial charge in [-0.3, -0.25) is 0 Å². The summed E-state index contributed by atoms with van der Waals surface area (Å²) < 4.78 is 2.30. The van der Waals surface area contributed by atoms with E-state index in [2.05, 4.69) is 21.1 Å². The zero-order valence-electron chi connectivity index (χ0n) is 8.87. The van der Waals surface area contributed by atoms with Crippen LogP contribution >= 0.6 is 0 Å². The predicted molar refractivity (Wildman–Crippen MR) is 57.1 cm³/mol. The van der Waals surface area contributed by atoms with E-state index in [4.69, 9.17) is 0 Å². The lowest BCUT2D eigenvalue weighted by Gasteiger charge is -2.22. The Hall–Kier alpha value is -0.830. The minimum Gasteiger partial charge on any atom is -0.334 e. The van der Waals surface area contributed by atoms with E-state index in [1.54, 1.807) is 0 Å². The molecule has 0 saturated heterocycles. The molecule has 0 unspecified atom stereocenters. The van der Waals surface area contributed by atoms with Crippen LogP contribution in [0.25, 0.3) is 0 Å². The molecule has 0 aliphatic heterocycles. The van der Waals surface area contributed by atoms with Crippen LogP contribution in [0.15, 0.2) is 12.5 Å². The first kappa shape index (κ1) is 9.71. The molecule has 78 valence electrons. The largest absolute Gasteiger partial charge is 0.334 e. The zero-order chi connectivity index (χ0) is 9.80. The Kier molecular flexibility index (Phi) is 3.19. The van der Waals surface area contributed by atoms with Crippen molar-refractivity contribution in [3.8, 4) is 0 Å². The Morgan fingerprint density at radius 3 is 2.93 bits per heavy atom. The van der Waals surface area contributed by atoms with Crippen LogP contribution in [-0.4, -0.2) is 16.6 Å². The molecule has 1 saturated carbocycles. The van der Waals surface area contributed by atoms with E-state index in [1.807, 2.05) is 13.4 Å². The highest BCUT2D eigenvalue weighted by Gasteiger charge is 2.14. The van der Waals surface area contributed by atoms with Gasteiger partial charge in [-0.1, -0.05) is 19.3 Å². The summed E-state index contributed by atoms with van der Waals surface area (Å²) in [6.45, 7) is 0.875. The standard InChI is InChI=1S/C11H19N3/c1-12-7-10-8-14(9-13-10)11-5-3-2-4-6-11/h8-9,11-12H,2-7H2,1H3. The average Bonchev–Trinajstić information content (AvgIpc) is 2.68. The van der Waals surface area contributed by atoms with Crippen LogP contribution in [0.5, 0.6) is 0 Å². The van der Waals surface area contributed by atoms with Gasteiger partial charge in [0.1, 0.15) is 0 Å². The first-order chi connectivity index (χ1) is 6.90. The summed E-state index contributed by atoms with van der Waals surface area (Å²) in [6.07, 6.45) is 11.0. The second-order valence-electron chi connectivity index (χ2n) is 4.13. The van der Waals surface area contributed by atoms with E-state index in [0.29, 0.717) is 6.04 Å². The monoisotopic (exact) mass is 193 g/mol. The molecule has 1 aliphatic rings. The normalized spacial score (nSPS) is 18.6. The Morgan fingerprint density at radius 1 is 1.43 bits per heavy atom. The molecule has 14 heavy (non-hydrogen) atoms. The van der Waals surface area contributed by atoms with Gasteiger partial charge >= 0.3 is 0 Å². The smallest absolute Gasteiger partial charge is 0.0952 e. The van der Waals surface area contributed by atoms with E-state index in [9.17, 15) is 0 Å². The van der Waals surface area contributed by atoms with Crippen molar-refractivity contribution in [3.05, 3.63) is 18.2 Å². The highest BCUT2D eigenvalue weighted by molar-refractivity contribution is 4.97. The third kappa shape index (κ3) is 2.15. The molecule has 1 aromatic heterocycles. The van der Waals surface area contributed by atoms with Crippen LogP contribution in [0.1, 0.15) is 43.8 Å². The maximum absolute atomic E-state index is 4.38. The summed E-state index contributed by atoms with van der Waals surface area (Å²) in [7, 11) is 1.96. The lowest BCUT2D eigenvalue weighted by molar-refractivity contribution is 0.353. The van der Waals surface area contributed by atoms with Crippen molar-refractivity contribution in [3.63, 3.8) is 0 Å². The van der Waals surface area contributed by atoms with Crippen molar-refractivity contribution in [2.24, 2.45) is 0 Å². The predicted octanol–water partition coefficient (Wildman–Crippen LogP) is 2.11. The van der Waals surface area contributed by atoms with Gasteiger partial charge in [-0.2, -0.15) is 0 Å². The zero-order valence-corrected chi connectivity index (χ0v) is 8.87. The molecule has 1 aliphatic carbocycles. The number of nitrogens with one attached hydrogen (secondary N) is 1. The van der Waals surface area contributed by atoms with Gasteiger partial charge < -0.3 is 9.88 Å². The molecule has 0 amide bonds. The fraction of sp³-hybridized carbons (Fsp3) is 0.727. The summed E-state index contributed by atoms with van der Waals surface area (Å²) in [6, 6.07) is 0.710. The fourth-order valence-corrected chi connectivity index (χ4v) is 2.23. The number of hydrogen-bond donors (Lipinski definition) is 1. The molecule has 2 rings (SSSR count). The van der Waals surface area contributed by atoms with Crippen LogP contribution in [0.4, 0.5) is 0 Å². The summed E-state index contributed by atoms with van der Waals surface area (Å²) in [5, 5.41) is 3.12. The number of aromatic nitrogens is 2. The molecule has 0 atom stereocenters. The second-order valence-corrected chi connectivity index (χ2v) is 4.13. The van der Waals surface area contributed by atoms with Crippen LogP contribution in [0.2, 0.25) is 0 Å². The minimum absolute atomic E-state index is 0.710. The molecule has 0 radical (unpaired) electrons. The molecule has 0 spiro atoms. The third-order valence-electron chi connectivity index (χ3n) is 3.01. The van der Waals surface area contributed by atoms with Crippen molar-refractivity contribution >= 4 is 0 Å². The van der Waals surface area contributed by atoms with E-state index < -0.39 is 0 Å². The first-order valence-electron chi connectivity index (χ1n) is 5.57. The Bertz CT molecular complexity index is 274. The van der Waals surface area contributed by atoms with Crippen LogP contribution in [0.3, 0.4) is 0 Å². The summed E-state index contributed by atoms with van der Waals surface area (Å²) >= 11 is 0. The lowest BCUT2D eigenvalue weighted by Crippen LogP contribution is -2.11. The second kappa shape index (κ2) is 4.60. The quantitative estimate of drug-likeness (QED) is 0.796. The maximum Gasteiger partial charge on any atom is 0.0952 e. The lowest BCUT2D eigenvalue weighted by atomic mass is 9.95. The van der Waals surface area contributed by atoms with Gasteiger partial charge in [0, 0.05) is 18.8 Å². The number of imidazole rings is 1. The van der Waals surface area contributed by atoms with E-state index in [1.165, 1.54) is 32.1 Å². The Balaban J connectivity index is 2.00. The van der Waals surface area contributed by atoms with Gasteiger partial charge in [0.15, 0.2) is 0 Å². The van der Waals surface area contributed by atoms with Gasteiger partial charge in [-0.05, 0) is 19.9 Å². The molecular formula is C11H19N3. The van der Waals surface area contributed by atoms with Crippen LogP contribution < -0.4 is 5.32 Å². The van der Waals surface area contributed by atoms with Crippen molar-refractivity contribution in [1.82, 2.24) is 14.9 Å². The van der Waals surface area contributed by atoms with Gasteiger partial charge in [0.25, 0.3) is 0 Å². The average molecular weight is 193 g/mol. The highest BCUT2D eigenvalue weighted by Crippen LogP contribution is 2.27. The minimum atomic E-state index is 0.710. The molecule has 1 fully saturated rings. The first-order valence-corrected chi connectivity index (χ1v) is 5.57. The van der Waals surface area contributed by atoms with E-state index >= 15 is 0 Å². The van der Waals surface area contributed by atoms with Crippen LogP contribution in [-0.2, 0) is 6.54 Å². The Labute approximate surface area is 85.5 Å². The van der Waals surface area contributed by atoms with Crippen LogP contribution in [0, 0.1) is 0 Å². The van der Waals surface area contributed by atoms with Gasteiger partial charge in [-0.15, -0.1) is 0 Å². The number of nitrogens with zero attached hydrogens (tertiary/aromatic N) is 2. The van der Waals surface area contributed by atoms with E-state index in [-0.39, 0.29) is 0 Å². The van der Waals surface area contributed by atoms with Gasteiger partial charge in [0.05, 0.1) is 12.0 Å². The molecule has 0 bridgehead atoms. The molecule has 3 heteroatoms. The Morgan fingerprint density at radius 2 is 2.21 bits per heavy atom. The van der Waals surface area contributed by atoms with Crippen molar-refractivity contribution in [2.45, 2.75) is 44.7 Å². The van der Waals surface area contributed by atoms with Crippen molar-refractivity contribution < 1.29 is 0 Å². The van der Waals surface area contributed by atoms with E-state index in [0.717, 1.165) is 12.2 Å². The molecule has 1 aromatic rings.